The van der Waals surface area contributed by atoms with Crippen LogP contribution in [-0.4, -0.2) is 205 Å². The molecule has 0 radical (unpaired) electrons. The summed E-state index contributed by atoms with van der Waals surface area (Å²) in [4.78, 5) is 66.4. The highest BCUT2D eigenvalue weighted by Gasteiger charge is 2.60. The molecule has 2 saturated heterocycles. The van der Waals surface area contributed by atoms with E-state index in [0.29, 0.717) is 38.5 Å². The summed E-state index contributed by atoms with van der Waals surface area (Å²) in [5.41, 5.74) is 0. The van der Waals surface area contributed by atoms with E-state index in [1.807, 2.05) is 0 Å². The maximum Gasteiger partial charge on any atom is 0.472 e. The average molecular weight is 1680 g/mol. The number of hydrogen-bond donors (Lipinski definition) is 10. The predicted molar refractivity (Wildman–Crippen MR) is 449 cm³/mol. The number of allylic oxidation sites excluding steroid dienone is 4. The fourth-order valence-corrected chi connectivity index (χ4v) is 16.2. The quantitative estimate of drug-likeness (QED) is 0.00889. The predicted octanol–water partition coefficient (Wildman–Crippen LogP) is 16.9. The smallest absolute Gasteiger partial charge is 0.463 e. The lowest BCUT2D eigenvalue weighted by Gasteiger charge is -2.50. The molecule has 18 atom stereocenters. The molecule has 3 rings (SSSR count). The highest BCUT2D eigenvalue weighted by molar-refractivity contribution is 7.47. The molecule has 1 aliphatic carbocycles. The minimum Gasteiger partial charge on any atom is -0.463 e. The summed E-state index contributed by atoms with van der Waals surface area (Å²) in [6, 6.07) is 0. The van der Waals surface area contributed by atoms with Gasteiger partial charge in [0, 0.05) is 25.7 Å². The molecular weight excluding hydrogens is 1510 g/mol. The van der Waals surface area contributed by atoms with Crippen molar-refractivity contribution in [3.8, 4) is 0 Å². The van der Waals surface area contributed by atoms with E-state index >= 15 is 0 Å². The van der Waals surface area contributed by atoms with Gasteiger partial charge in [-0.1, -0.05) is 315 Å². The van der Waals surface area contributed by atoms with Gasteiger partial charge in [0.2, 0.25) is 0 Å². The Hall–Kier alpha value is -3.05. The third kappa shape index (κ3) is 49.3. The summed E-state index contributed by atoms with van der Waals surface area (Å²) >= 11 is 0. The number of esters is 4. The van der Waals surface area contributed by atoms with Crippen molar-refractivity contribution >= 4 is 31.7 Å². The van der Waals surface area contributed by atoms with Crippen LogP contribution in [0.3, 0.4) is 0 Å². The fourth-order valence-electron chi connectivity index (χ4n) is 15.2. The molecule has 0 aromatic rings. The Morgan fingerprint density at radius 3 is 1.03 bits per heavy atom. The molecule has 116 heavy (non-hydrogen) atoms. The van der Waals surface area contributed by atoms with Crippen LogP contribution in [0.5, 0.6) is 0 Å². The first-order valence-electron chi connectivity index (χ1n) is 46.6. The molecule has 10 N–H and O–H groups in total. The molecule has 1 saturated carbocycles. The molecule has 0 spiro atoms. The number of phosphoric acid groups is 1. The van der Waals surface area contributed by atoms with Crippen molar-refractivity contribution in [2.45, 2.75) is 498 Å². The molecule has 26 heteroatoms. The first-order chi connectivity index (χ1) is 56.2. The van der Waals surface area contributed by atoms with Gasteiger partial charge in [-0.2, -0.15) is 0 Å². The van der Waals surface area contributed by atoms with Crippen LogP contribution in [0, 0.1) is 0 Å². The topological polar surface area (TPSA) is 380 Å². The normalized spacial score (nSPS) is 25.2. The molecule has 0 amide bonds. The van der Waals surface area contributed by atoms with E-state index in [-0.39, 0.29) is 25.7 Å². The Kier molecular flexibility index (Phi) is 64.1. The van der Waals surface area contributed by atoms with Gasteiger partial charge in [-0.05, 0) is 77.0 Å². The van der Waals surface area contributed by atoms with E-state index < -0.39 is 162 Å². The maximum absolute atomic E-state index is 14.9. The van der Waals surface area contributed by atoms with Crippen molar-refractivity contribution in [1.82, 2.24) is 0 Å². The highest BCUT2D eigenvalue weighted by Crippen LogP contribution is 2.49. The molecule has 2 aliphatic heterocycles. The standard InChI is InChI=1S/C90H165O25P/c1-5-9-13-17-21-25-29-33-35-37-41-44-48-52-56-60-64-75(94)109-70(67-106-73(92)62-58-54-50-46-42-38-31-27-23-19-15-11-7-3)68-108-116(104,105)115-88-86(113-89-83(102)79(98)77(96)71(66-91)110-89)82(101)81(100)85(112-76(95)65-61-57-53-49-45-40-36-34-30-26-22-18-14-10-6-2)87(88)114-90-84(103)80(99)78(97)72(111-90)69-107-74(93)63-59-55-51-47-43-39-32-28-24-20-16-12-8-4/h38-39,42-43,70-72,77-91,96-103H,5-37,40-41,44-69H2,1-4H3,(H,104,105)/b42-38-,43-39-. The number of unbranched alkanes of at least 4 members (excludes halogenated alkanes) is 47. The van der Waals surface area contributed by atoms with Gasteiger partial charge in [-0.25, -0.2) is 4.57 Å². The molecule has 18 unspecified atom stereocenters. The van der Waals surface area contributed by atoms with Crippen LogP contribution in [0.4, 0.5) is 0 Å². The minimum atomic E-state index is -5.81. The lowest BCUT2D eigenvalue weighted by molar-refractivity contribution is -0.360. The zero-order valence-corrected chi connectivity index (χ0v) is 73.2. The van der Waals surface area contributed by atoms with Crippen LogP contribution in [-0.2, 0) is 70.7 Å². The van der Waals surface area contributed by atoms with Gasteiger partial charge >= 0.3 is 31.7 Å². The average Bonchev–Trinajstić information content (AvgIpc) is 0.754. The Morgan fingerprint density at radius 2 is 0.647 bits per heavy atom. The van der Waals surface area contributed by atoms with Gasteiger partial charge in [0.15, 0.2) is 24.8 Å². The lowest BCUT2D eigenvalue weighted by atomic mass is 9.84. The second kappa shape index (κ2) is 69.4. The number of phosphoric ester groups is 1. The second-order valence-corrected chi connectivity index (χ2v) is 34.6. The van der Waals surface area contributed by atoms with Crippen LogP contribution < -0.4 is 0 Å². The first kappa shape index (κ1) is 107. The lowest BCUT2D eigenvalue weighted by Crippen LogP contribution is -2.70. The summed E-state index contributed by atoms with van der Waals surface area (Å²) < 4.78 is 73.3. The molecule has 25 nitrogen and oxygen atoms in total. The summed E-state index contributed by atoms with van der Waals surface area (Å²) in [5.74, 6) is -2.99. The summed E-state index contributed by atoms with van der Waals surface area (Å²) in [5, 5.41) is 102. The van der Waals surface area contributed by atoms with E-state index in [1.54, 1.807) is 0 Å². The van der Waals surface area contributed by atoms with Crippen molar-refractivity contribution in [2.24, 2.45) is 0 Å². The van der Waals surface area contributed by atoms with Crippen LogP contribution in [0.2, 0.25) is 0 Å². The number of aliphatic hydroxyl groups is 9. The van der Waals surface area contributed by atoms with Gasteiger partial charge in [-0.15, -0.1) is 0 Å². The molecule has 680 valence electrons. The number of ether oxygens (including phenoxy) is 8. The fraction of sp³-hybridized carbons (Fsp3) is 0.911. The monoisotopic (exact) mass is 1680 g/mol. The number of hydrogen-bond acceptors (Lipinski definition) is 24. The van der Waals surface area contributed by atoms with Gasteiger partial charge in [0.1, 0.15) is 92.6 Å². The van der Waals surface area contributed by atoms with Crippen molar-refractivity contribution < 1.29 is 122 Å². The summed E-state index contributed by atoms with van der Waals surface area (Å²) in [6.07, 6.45) is 28.9. The van der Waals surface area contributed by atoms with Gasteiger partial charge < -0.3 is 88.7 Å². The van der Waals surface area contributed by atoms with E-state index in [0.717, 1.165) is 122 Å². The minimum absolute atomic E-state index is 0.00591. The van der Waals surface area contributed by atoms with Gasteiger partial charge in [0.25, 0.3) is 0 Å². The van der Waals surface area contributed by atoms with Crippen molar-refractivity contribution in [3.05, 3.63) is 24.3 Å². The molecular formula is C90H165O25P. The molecule has 3 aliphatic rings. The molecule has 0 aromatic heterocycles. The number of rotatable bonds is 75. The Balaban J connectivity index is 1.93. The summed E-state index contributed by atoms with van der Waals surface area (Å²) in [7, 11) is -5.81. The van der Waals surface area contributed by atoms with Crippen LogP contribution in [0.15, 0.2) is 24.3 Å². The van der Waals surface area contributed by atoms with Crippen LogP contribution in [0.25, 0.3) is 0 Å². The van der Waals surface area contributed by atoms with Crippen molar-refractivity contribution in [3.63, 3.8) is 0 Å². The van der Waals surface area contributed by atoms with Crippen LogP contribution >= 0.6 is 7.82 Å². The second-order valence-electron chi connectivity index (χ2n) is 33.2. The third-order valence-corrected chi connectivity index (χ3v) is 23.7. The molecule has 2 heterocycles. The Morgan fingerprint density at radius 1 is 0.336 bits per heavy atom. The number of aliphatic hydroxyl groups excluding tert-OH is 9. The van der Waals surface area contributed by atoms with Crippen LogP contribution in [0.1, 0.15) is 394 Å². The van der Waals surface area contributed by atoms with Crippen molar-refractivity contribution in [1.29, 1.82) is 0 Å². The van der Waals surface area contributed by atoms with Crippen molar-refractivity contribution in [2.75, 3.05) is 26.4 Å². The number of carbonyl (C=O) groups excluding carboxylic acids is 4. The SMILES string of the molecule is CCCCCCCC/C=C\CCCCCC(=O)OCC(COP(=O)(O)OC1C(OC2OC(CO)C(O)C(O)C2O)C(O)C(O)C(OC(=O)CCCCCCCCCCCCCCCCC)C1OC1OC(COC(=O)CCCCC/C=C\CCCCCCCC)C(O)C(O)C1O)OC(=O)CCCCCCCCCCCCCCCCCC. The maximum atomic E-state index is 14.9. The number of carbonyl (C=O) groups is 4. The molecule has 0 aromatic carbocycles. The zero-order chi connectivity index (χ0) is 84.7. The van der Waals surface area contributed by atoms with E-state index in [4.69, 9.17) is 46.9 Å². The third-order valence-electron chi connectivity index (χ3n) is 22.7. The Bertz CT molecular complexity index is 2510. The highest BCUT2D eigenvalue weighted by atomic mass is 31.2. The Labute approximate surface area is 698 Å². The van der Waals surface area contributed by atoms with E-state index in [2.05, 4.69) is 52.0 Å². The molecule has 3 fully saturated rings. The van der Waals surface area contributed by atoms with E-state index in [1.165, 1.54) is 180 Å². The molecule has 0 bridgehead atoms. The first-order valence-corrected chi connectivity index (χ1v) is 48.1. The zero-order valence-electron chi connectivity index (χ0n) is 72.3. The van der Waals surface area contributed by atoms with Gasteiger partial charge in [-0.3, -0.25) is 28.2 Å². The van der Waals surface area contributed by atoms with Gasteiger partial charge in [0.05, 0.1) is 13.2 Å². The largest absolute Gasteiger partial charge is 0.472 e. The summed E-state index contributed by atoms with van der Waals surface area (Å²) in [6.45, 7) is 5.56. The van der Waals surface area contributed by atoms with E-state index in [9.17, 15) is 74.6 Å².